The van der Waals surface area contributed by atoms with Crippen molar-refractivity contribution in [2.45, 2.75) is 19.1 Å². The molecule has 2 rings (SSSR count). The summed E-state index contributed by atoms with van der Waals surface area (Å²) in [4.78, 5) is 0. The molecule has 0 aromatic heterocycles. The minimum atomic E-state index is -0.299. The van der Waals surface area contributed by atoms with E-state index in [9.17, 15) is 0 Å². The average molecular weight is 204 g/mol. The summed E-state index contributed by atoms with van der Waals surface area (Å²) in [6, 6.07) is 7.47. The number of hydrogen-bond acceptors (Lipinski definition) is 4. The third-order valence-electron chi connectivity index (χ3n) is 2.53. The Bertz CT molecular complexity index is 412. The summed E-state index contributed by atoms with van der Waals surface area (Å²) in [6.45, 7) is 1.87. The first kappa shape index (κ1) is 9.81. The summed E-state index contributed by atoms with van der Waals surface area (Å²) in [6.07, 6.45) is -0.299. The summed E-state index contributed by atoms with van der Waals surface area (Å²) >= 11 is 0. The first-order valence-electron chi connectivity index (χ1n) is 4.83. The smallest absolute Gasteiger partial charge is 0.160 e. The quantitative estimate of drug-likeness (QED) is 0.719. The van der Waals surface area contributed by atoms with Gasteiger partial charge in [-0.1, -0.05) is 6.07 Å². The second-order valence-corrected chi connectivity index (χ2v) is 3.57. The number of benzene rings is 1. The van der Waals surface area contributed by atoms with Gasteiger partial charge in [0.05, 0.1) is 23.9 Å². The van der Waals surface area contributed by atoms with Crippen LogP contribution in [0.5, 0.6) is 5.75 Å². The van der Waals surface area contributed by atoms with Crippen LogP contribution in [0.25, 0.3) is 0 Å². The third kappa shape index (κ3) is 1.62. The molecular formula is C11H12N2O2. The number of aliphatic hydroxyl groups excluding tert-OH is 1. The molecule has 1 aromatic carbocycles. The molecule has 0 saturated carbocycles. The maximum Gasteiger partial charge on any atom is 0.160 e. The lowest BCUT2D eigenvalue weighted by Gasteiger charge is -2.32. The topological polar surface area (TPSA) is 65.3 Å². The number of fused-ring (bicyclic) bond motifs is 1. The van der Waals surface area contributed by atoms with Gasteiger partial charge >= 0.3 is 0 Å². The maximum absolute atomic E-state index is 9.10. The summed E-state index contributed by atoms with van der Waals surface area (Å²) in [7, 11) is 0. The molecule has 4 nitrogen and oxygen atoms in total. The fourth-order valence-electron chi connectivity index (χ4n) is 1.65. The predicted octanol–water partition coefficient (Wildman–Crippen LogP) is 1.11. The number of rotatable bonds is 1. The molecule has 1 aliphatic rings. The molecular weight excluding hydrogens is 192 g/mol. The molecule has 2 N–H and O–H groups in total. The van der Waals surface area contributed by atoms with Crippen molar-refractivity contribution in [2.75, 3.05) is 11.9 Å². The molecule has 1 aromatic rings. The van der Waals surface area contributed by atoms with Gasteiger partial charge in [-0.15, -0.1) is 0 Å². The minimum Gasteiger partial charge on any atom is -0.482 e. The lowest BCUT2D eigenvalue weighted by molar-refractivity contribution is 0.0975. The normalized spacial score (nSPS) is 23.3. The summed E-state index contributed by atoms with van der Waals surface area (Å²) < 4.78 is 5.58. The number of nitriles is 1. The zero-order chi connectivity index (χ0) is 10.8. The Hall–Kier alpha value is -1.73. The van der Waals surface area contributed by atoms with Gasteiger partial charge in [0, 0.05) is 0 Å². The van der Waals surface area contributed by atoms with Crippen molar-refractivity contribution in [1.82, 2.24) is 0 Å². The maximum atomic E-state index is 9.10. The SMILES string of the molecule is CC1Nc2cccc(C#N)c2OC1CO. The molecule has 78 valence electrons. The largest absolute Gasteiger partial charge is 0.482 e. The molecule has 0 bridgehead atoms. The lowest BCUT2D eigenvalue weighted by Crippen LogP contribution is -2.41. The number of hydrogen-bond donors (Lipinski definition) is 2. The van der Waals surface area contributed by atoms with Crippen LogP contribution < -0.4 is 10.1 Å². The van der Waals surface area contributed by atoms with Gasteiger partial charge in [0.2, 0.25) is 0 Å². The minimum absolute atomic E-state index is 0.0384. The Labute approximate surface area is 88.1 Å². The van der Waals surface area contributed by atoms with Crippen LogP contribution in [-0.4, -0.2) is 23.9 Å². The average Bonchev–Trinajstić information content (AvgIpc) is 2.27. The van der Waals surface area contributed by atoms with E-state index in [4.69, 9.17) is 15.1 Å². The molecule has 0 saturated heterocycles. The van der Waals surface area contributed by atoms with Crippen molar-refractivity contribution in [2.24, 2.45) is 0 Å². The van der Waals surface area contributed by atoms with E-state index in [1.54, 1.807) is 12.1 Å². The van der Waals surface area contributed by atoms with E-state index >= 15 is 0 Å². The van der Waals surface area contributed by atoms with Gasteiger partial charge in [0.15, 0.2) is 5.75 Å². The van der Waals surface area contributed by atoms with E-state index in [2.05, 4.69) is 11.4 Å². The highest BCUT2D eigenvalue weighted by Crippen LogP contribution is 2.34. The predicted molar refractivity (Wildman–Crippen MR) is 55.7 cm³/mol. The van der Waals surface area contributed by atoms with Crippen LogP contribution in [0.3, 0.4) is 0 Å². The fraction of sp³-hybridized carbons (Fsp3) is 0.364. The first-order valence-corrected chi connectivity index (χ1v) is 4.83. The van der Waals surface area contributed by atoms with Gasteiger partial charge < -0.3 is 15.2 Å². The first-order chi connectivity index (χ1) is 7.26. The molecule has 1 heterocycles. The van der Waals surface area contributed by atoms with Gasteiger partial charge in [-0.25, -0.2) is 0 Å². The van der Waals surface area contributed by atoms with Crippen LogP contribution in [-0.2, 0) is 0 Å². The summed E-state index contributed by atoms with van der Waals surface area (Å²) in [5, 5.41) is 21.2. The van der Waals surface area contributed by atoms with E-state index < -0.39 is 0 Å². The second-order valence-electron chi connectivity index (χ2n) is 3.57. The van der Waals surface area contributed by atoms with Crippen molar-refractivity contribution in [1.29, 1.82) is 5.26 Å². The third-order valence-corrected chi connectivity index (χ3v) is 2.53. The number of para-hydroxylation sites is 1. The Kier molecular flexibility index (Phi) is 2.48. The molecule has 0 fully saturated rings. The van der Waals surface area contributed by atoms with E-state index in [1.807, 2.05) is 13.0 Å². The molecule has 2 atom stereocenters. The summed E-state index contributed by atoms with van der Waals surface area (Å²) in [5.74, 6) is 0.539. The summed E-state index contributed by atoms with van der Waals surface area (Å²) in [5.41, 5.74) is 1.30. The van der Waals surface area contributed by atoms with Gasteiger partial charge in [-0.05, 0) is 19.1 Å². The number of ether oxygens (including phenoxy) is 1. The van der Waals surface area contributed by atoms with Crippen LogP contribution in [0.2, 0.25) is 0 Å². The Morgan fingerprint density at radius 3 is 3.07 bits per heavy atom. The van der Waals surface area contributed by atoms with Crippen molar-refractivity contribution in [3.8, 4) is 11.8 Å². The number of anilines is 1. The van der Waals surface area contributed by atoms with Gasteiger partial charge in [0.1, 0.15) is 12.2 Å². The standard InChI is InChI=1S/C11H12N2O2/c1-7-10(6-14)15-11-8(5-12)3-2-4-9(11)13-7/h2-4,7,10,13-14H,6H2,1H3. The highest BCUT2D eigenvalue weighted by Gasteiger charge is 2.27. The van der Waals surface area contributed by atoms with Gasteiger partial charge in [-0.3, -0.25) is 0 Å². The highest BCUT2D eigenvalue weighted by atomic mass is 16.5. The molecule has 0 amide bonds. The molecule has 2 unspecified atom stereocenters. The number of nitrogens with one attached hydrogen (secondary N) is 1. The molecule has 0 radical (unpaired) electrons. The van der Waals surface area contributed by atoms with Gasteiger partial charge in [-0.2, -0.15) is 5.26 Å². The Balaban J connectivity index is 2.41. The van der Waals surface area contributed by atoms with E-state index in [0.717, 1.165) is 5.69 Å². The van der Waals surface area contributed by atoms with Crippen molar-refractivity contribution in [3.05, 3.63) is 23.8 Å². The second kappa shape index (κ2) is 3.79. The fourth-order valence-corrected chi connectivity index (χ4v) is 1.65. The zero-order valence-corrected chi connectivity index (χ0v) is 8.40. The Morgan fingerprint density at radius 1 is 1.60 bits per heavy atom. The monoisotopic (exact) mass is 204 g/mol. The van der Waals surface area contributed by atoms with Crippen LogP contribution in [0.15, 0.2) is 18.2 Å². The lowest BCUT2D eigenvalue weighted by atomic mass is 10.1. The van der Waals surface area contributed by atoms with E-state index in [-0.39, 0.29) is 18.8 Å². The molecule has 15 heavy (non-hydrogen) atoms. The van der Waals surface area contributed by atoms with E-state index in [1.165, 1.54) is 0 Å². The van der Waals surface area contributed by atoms with Crippen LogP contribution in [0, 0.1) is 11.3 Å². The van der Waals surface area contributed by atoms with Crippen molar-refractivity contribution in [3.63, 3.8) is 0 Å². The van der Waals surface area contributed by atoms with Crippen LogP contribution in [0.4, 0.5) is 5.69 Å². The van der Waals surface area contributed by atoms with Crippen molar-refractivity contribution < 1.29 is 9.84 Å². The van der Waals surface area contributed by atoms with Gasteiger partial charge in [0.25, 0.3) is 0 Å². The molecule has 1 aliphatic heterocycles. The van der Waals surface area contributed by atoms with E-state index in [0.29, 0.717) is 11.3 Å². The zero-order valence-electron chi connectivity index (χ0n) is 8.40. The number of aliphatic hydroxyl groups is 1. The number of nitrogens with zero attached hydrogens (tertiary/aromatic N) is 1. The molecule has 0 spiro atoms. The highest BCUT2D eigenvalue weighted by molar-refractivity contribution is 5.65. The Morgan fingerprint density at radius 2 is 2.40 bits per heavy atom. The van der Waals surface area contributed by atoms with Crippen molar-refractivity contribution >= 4 is 5.69 Å². The molecule has 0 aliphatic carbocycles. The van der Waals surface area contributed by atoms with Crippen LogP contribution >= 0.6 is 0 Å². The van der Waals surface area contributed by atoms with Crippen LogP contribution in [0.1, 0.15) is 12.5 Å². The molecule has 4 heteroatoms.